The highest BCUT2D eigenvalue weighted by molar-refractivity contribution is 6.60. The van der Waals surface area contributed by atoms with Gasteiger partial charge in [-0.3, -0.25) is 4.79 Å². The van der Waals surface area contributed by atoms with Crippen molar-refractivity contribution in [3.8, 4) is 17.2 Å². The predicted molar refractivity (Wildman–Crippen MR) is 141 cm³/mol. The average Bonchev–Trinajstić information content (AvgIpc) is 2.88. The van der Waals surface area contributed by atoms with Gasteiger partial charge >= 0.3 is 8.80 Å². The summed E-state index contributed by atoms with van der Waals surface area (Å²) in [7, 11) is 1.99. The molecule has 214 valence electrons. The summed E-state index contributed by atoms with van der Waals surface area (Å²) in [6, 6.07) is 3.87. The highest BCUT2D eigenvalue weighted by Crippen LogP contribution is 2.39. The maximum Gasteiger partial charge on any atom is 0.500 e. The van der Waals surface area contributed by atoms with E-state index in [0.29, 0.717) is 81.5 Å². The lowest BCUT2D eigenvalue weighted by atomic mass is 10.1. The molecule has 1 aromatic rings. The van der Waals surface area contributed by atoms with Crippen LogP contribution in [0.3, 0.4) is 0 Å². The topological polar surface area (TPSA) is 112 Å². The minimum absolute atomic E-state index is 0.270. The van der Waals surface area contributed by atoms with Crippen LogP contribution in [0.2, 0.25) is 6.04 Å². The minimum Gasteiger partial charge on any atom is -0.487 e. The molecule has 12 heteroatoms. The fourth-order valence-corrected chi connectivity index (χ4v) is 5.98. The van der Waals surface area contributed by atoms with Gasteiger partial charge in [-0.15, -0.1) is 0 Å². The predicted octanol–water partition coefficient (Wildman–Crippen LogP) is 2.93. The van der Waals surface area contributed by atoms with E-state index in [4.69, 9.17) is 41.7 Å². The maximum absolute atomic E-state index is 13.1. The van der Waals surface area contributed by atoms with Crippen molar-refractivity contribution in [1.29, 1.82) is 0 Å². The Balaban J connectivity index is 3.02. The normalized spacial score (nSPS) is 11.4. The Bertz CT molecular complexity index is 704. The number of rotatable bonds is 23. The smallest absolute Gasteiger partial charge is 0.487 e. The number of methoxy groups -OCH3 is 3. The van der Waals surface area contributed by atoms with Crippen molar-refractivity contribution in [2.75, 3.05) is 87.3 Å². The van der Waals surface area contributed by atoms with Gasteiger partial charge in [-0.2, -0.15) is 0 Å². The second-order valence-electron chi connectivity index (χ2n) is 7.67. The van der Waals surface area contributed by atoms with Crippen LogP contribution in [0.4, 0.5) is 0 Å². The summed E-state index contributed by atoms with van der Waals surface area (Å²) in [5.74, 6) is 0.877. The van der Waals surface area contributed by atoms with Crippen molar-refractivity contribution in [2.45, 2.75) is 33.2 Å². The second-order valence-corrected chi connectivity index (χ2v) is 10.4. The fourth-order valence-electron chi connectivity index (χ4n) is 3.37. The van der Waals surface area contributed by atoms with Crippen LogP contribution in [0.25, 0.3) is 0 Å². The molecule has 0 saturated carbocycles. The van der Waals surface area contributed by atoms with Crippen molar-refractivity contribution in [3.63, 3.8) is 0 Å². The quantitative estimate of drug-likeness (QED) is 0.162. The maximum atomic E-state index is 13.1. The minimum atomic E-state index is -2.77. The van der Waals surface area contributed by atoms with Gasteiger partial charge in [0.25, 0.3) is 5.91 Å². The molecule has 11 nitrogen and oxygen atoms in total. The van der Waals surface area contributed by atoms with E-state index in [9.17, 15) is 4.79 Å². The van der Waals surface area contributed by atoms with Gasteiger partial charge in [0.05, 0.1) is 19.8 Å². The van der Waals surface area contributed by atoms with Crippen LogP contribution in [-0.2, 0) is 27.5 Å². The van der Waals surface area contributed by atoms with Gasteiger partial charge in [-0.1, -0.05) is 0 Å². The Morgan fingerprint density at radius 3 is 1.62 bits per heavy atom. The molecule has 0 spiro atoms. The molecular weight excluding hydrogens is 502 g/mol. The third-order valence-corrected chi connectivity index (χ3v) is 8.10. The van der Waals surface area contributed by atoms with Crippen LogP contribution < -0.4 is 19.5 Å². The third kappa shape index (κ3) is 12.4. The molecule has 0 unspecified atom stereocenters. The van der Waals surface area contributed by atoms with Gasteiger partial charge in [0.1, 0.15) is 19.8 Å². The number of ether oxygens (including phenoxy) is 6. The zero-order valence-electron chi connectivity index (χ0n) is 23.2. The van der Waals surface area contributed by atoms with Crippen LogP contribution in [0.1, 0.15) is 37.6 Å². The molecule has 0 aliphatic heterocycles. The van der Waals surface area contributed by atoms with Gasteiger partial charge in [-0.05, 0) is 39.3 Å². The summed E-state index contributed by atoms with van der Waals surface area (Å²) in [4.78, 5) is 13.1. The van der Waals surface area contributed by atoms with Gasteiger partial charge < -0.3 is 47.0 Å². The number of carbonyl (C=O) groups excluding carboxylic acids is 1. The van der Waals surface area contributed by atoms with E-state index in [1.807, 2.05) is 20.8 Å². The van der Waals surface area contributed by atoms with Crippen molar-refractivity contribution >= 4 is 14.7 Å². The first-order valence-corrected chi connectivity index (χ1v) is 14.7. The Hall–Kier alpha value is -1.93. The largest absolute Gasteiger partial charge is 0.500 e. The Morgan fingerprint density at radius 2 is 1.19 bits per heavy atom. The lowest BCUT2D eigenvalue weighted by molar-refractivity contribution is 0.0704. The van der Waals surface area contributed by atoms with Crippen LogP contribution >= 0.6 is 0 Å². The lowest BCUT2D eigenvalue weighted by Gasteiger charge is -2.28. The first-order valence-electron chi connectivity index (χ1n) is 12.7. The molecule has 1 aromatic carbocycles. The number of benzene rings is 1. The van der Waals surface area contributed by atoms with Crippen molar-refractivity contribution in [1.82, 2.24) is 5.32 Å². The summed E-state index contributed by atoms with van der Waals surface area (Å²) >= 11 is 0. The lowest BCUT2D eigenvalue weighted by Crippen LogP contribution is -2.46. The first-order chi connectivity index (χ1) is 18.0. The van der Waals surface area contributed by atoms with Crippen molar-refractivity contribution < 1.29 is 46.5 Å². The number of amides is 1. The second kappa shape index (κ2) is 20.1. The molecule has 0 saturated heterocycles. The molecule has 1 amide bonds. The molecule has 1 N–H and O–H groups in total. The Morgan fingerprint density at radius 1 is 0.730 bits per heavy atom. The molecule has 0 aromatic heterocycles. The molecule has 0 fully saturated rings. The molecule has 0 bridgehead atoms. The van der Waals surface area contributed by atoms with E-state index in [-0.39, 0.29) is 25.7 Å². The zero-order chi connectivity index (χ0) is 27.4. The molecule has 1 rings (SSSR count). The standard InChI is InChI=1S/C25H45NO10Si/c1-7-34-37(35-8-2,36-9-3)18-10-11-26-25(27)21-19-22(31-15-12-28-4)24(33-17-14-30-6)23(20-21)32-16-13-29-5/h19-20H,7-18H2,1-6H3,(H,26,27). The van der Waals surface area contributed by atoms with Gasteiger partial charge in [0.15, 0.2) is 11.5 Å². The fraction of sp³-hybridized carbons (Fsp3) is 0.720. The Labute approximate surface area is 222 Å². The molecule has 0 atom stereocenters. The summed E-state index contributed by atoms with van der Waals surface area (Å²) in [5.41, 5.74) is 0.377. The molecule has 0 heterocycles. The van der Waals surface area contributed by atoms with Gasteiger partial charge in [-0.25, -0.2) is 0 Å². The van der Waals surface area contributed by atoms with Crippen LogP contribution in [0.15, 0.2) is 12.1 Å². The zero-order valence-corrected chi connectivity index (χ0v) is 24.2. The Kier molecular flexibility index (Phi) is 18.0. The molecule has 37 heavy (non-hydrogen) atoms. The van der Waals surface area contributed by atoms with E-state index in [2.05, 4.69) is 5.32 Å². The van der Waals surface area contributed by atoms with Crippen LogP contribution in [0, 0.1) is 0 Å². The molecule has 0 radical (unpaired) electrons. The summed E-state index contributed by atoms with van der Waals surface area (Å²) in [6.45, 7) is 9.68. The number of hydrogen-bond acceptors (Lipinski definition) is 10. The summed E-state index contributed by atoms with van der Waals surface area (Å²) < 4.78 is 50.6. The van der Waals surface area contributed by atoms with E-state index in [0.717, 1.165) is 0 Å². The van der Waals surface area contributed by atoms with E-state index < -0.39 is 8.80 Å². The van der Waals surface area contributed by atoms with E-state index in [1.165, 1.54) is 0 Å². The van der Waals surface area contributed by atoms with E-state index in [1.54, 1.807) is 33.5 Å². The molecular formula is C25H45NO10Si. The van der Waals surface area contributed by atoms with Crippen molar-refractivity contribution in [3.05, 3.63) is 17.7 Å². The number of carbonyl (C=O) groups is 1. The van der Waals surface area contributed by atoms with Gasteiger partial charge in [0, 0.05) is 59.3 Å². The van der Waals surface area contributed by atoms with Crippen LogP contribution in [-0.4, -0.2) is 102 Å². The van der Waals surface area contributed by atoms with Crippen LogP contribution in [0.5, 0.6) is 17.2 Å². The summed E-state index contributed by atoms with van der Waals surface area (Å²) in [5, 5.41) is 2.95. The average molecular weight is 548 g/mol. The van der Waals surface area contributed by atoms with Crippen molar-refractivity contribution in [2.24, 2.45) is 0 Å². The SMILES string of the molecule is CCO[Si](CCCNC(=O)c1cc(OCCOC)c(OCCOC)c(OCCOC)c1)(OCC)OCC. The van der Waals surface area contributed by atoms with E-state index >= 15 is 0 Å². The first kappa shape index (κ1) is 33.1. The monoisotopic (exact) mass is 547 g/mol. The molecule has 0 aliphatic rings. The highest BCUT2D eigenvalue weighted by Gasteiger charge is 2.39. The van der Waals surface area contributed by atoms with Gasteiger partial charge in [0.2, 0.25) is 5.75 Å². The third-order valence-electron chi connectivity index (χ3n) is 4.94. The highest BCUT2D eigenvalue weighted by atomic mass is 28.4. The number of hydrogen-bond donors (Lipinski definition) is 1. The number of nitrogens with one attached hydrogen (secondary N) is 1. The summed E-state index contributed by atoms with van der Waals surface area (Å²) in [6.07, 6.45) is 0.643. The molecule has 0 aliphatic carbocycles.